The van der Waals surface area contributed by atoms with Crippen LogP contribution in [0.2, 0.25) is 0 Å². The summed E-state index contributed by atoms with van der Waals surface area (Å²) < 4.78 is 27.7. The summed E-state index contributed by atoms with van der Waals surface area (Å²) in [5, 5.41) is 0. The van der Waals surface area contributed by atoms with Gasteiger partial charge in [0.15, 0.2) is 0 Å². The zero-order valence-corrected chi connectivity index (χ0v) is 27.8. The number of aryl methyl sites for hydroxylation is 1. The van der Waals surface area contributed by atoms with E-state index in [0.717, 1.165) is 64.8 Å². The predicted octanol–water partition coefficient (Wildman–Crippen LogP) is 6.61. The summed E-state index contributed by atoms with van der Waals surface area (Å²) in [5.74, 6) is -2.53. The molecule has 5 atom stereocenters. The van der Waals surface area contributed by atoms with Crippen molar-refractivity contribution in [2.45, 2.75) is 119 Å². The third-order valence-corrected chi connectivity index (χ3v) is 11.8. The molecule has 252 valence electrons. The summed E-state index contributed by atoms with van der Waals surface area (Å²) in [7, 11) is 2.32. The van der Waals surface area contributed by atoms with Crippen molar-refractivity contribution in [2.75, 3.05) is 39.8 Å². The van der Waals surface area contributed by atoms with E-state index in [1.54, 1.807) is 0 Å². The highest BCUT2D eigenvalue weighted by Gasteiger charge is 2.46. The normalized spacial score (nSPS) is 27.5. The molecule has 8 heteroatoms. The number of likely N-dealkylation sites (N-methyl/N-ethyl adjacent to an activating group) is 1. The maximum atomic E-state index is 13.8. The minimum atomic E-state index is -2.61. The highest BCUT2D eigenvalue weighted by Crippen LogP contribution is 2.40. The number of alkyl halides is 2. The molecular formula is C38H55F2N5O. The summed E-state index contributed by atoms with van der Waals surface area (Å²) in [4.78, 5) is 26.5. The van der Waals surface area contributed by atoms with Crippen LogP contribution in [0.15, 0.2) is 48.7 Å². The number of ketones is 1. The second-order valence-electron chi connectivity index (χ2n) is 14.7. The number of aromatic nitrogens is 1. The molecule has 46 heavy (non-hydrogen) atoms. The number of halogens is 2. The smallest absolute Gasteiger partial charge is 0.248 e. The van der Waals surface area contributed by atoms with Crippen LogP contribution in [-0.4, -0.2) is 89.3 Å². The van der Waals surface area contributed by atoms with Crippen LogP contribution in [0.1, 0.15) is 106 Å². The number of hydrogen-bond acceptors (Lipinski definition) is 6. The zero-order chi connectivity index (χ0) is 32.1. The van der Waals surface area contributed by atoms with Gasteiger partial charge in [-0.2, -0.15) is 0 Å². The van der Waals surface area contributed by atoms with E-state index in [4.69, 9.17) is 10.7 Å². The molecule has 6 nitrogen and oxygen atoms in total. The Kier molecular flexibility index (Phi) is 11.2. The van der Waals surface area contributed by atoms with Crippen molar-refractivity contribution < 1.29 is 13.6 Å². The number of benzene rings is 1. The molecule has 4 aliphatic rings. The van der Waals surface area contributed by atoms with Crippen LogP contribution in [0, 0.1) is 5.92 Å². The van der Waals surface area contributed by atoms with Crippen molar-refractivity contribution in [1.29, 1.82) is 0 Å². The molecule has 2 N–H and O–H groups in total. The van der Waals surface area contributed by atoms with Gasteiger partial charge in [0, 0.05) is 62.6 Å². The number of Topliss-reactive ketones (excluding diaryl/α,β-unsaturated/α-hetero) is 1. The molecule has 1 aromatic carbocycles. The maximum absolute atomic E-state index is 13.8. The minimum absolute atomic E-state index is 0.117. The van der Waals surface area contributed by atoms with Crippen molar-refractivity contribution in [1.82, 2.24) is 19.7 Å². The van der Waals surface area contributed by atoms with Gasteiger partial charge in [0.2, 0.25) is 5.92 Å². The number of likely N-dealkylation sites (tertiary alicyclic amines) is 1. The summed E-state index contributed by atoms with van der Waals surface area (Å²) in [6.45, 7) is 4.85. The van der Waals surface area contributed by atoms with Crippen LogP contribution in [0.4, 0.5) is 8.78 Å². The molecule has 3 fully saturated rings. The van der Waals surface area contributed by atoms with E-state index in [9.17, 15) is 13.6 Å². The van der Waals surface area contributed by atoms with E-state index in [-0.39, 0.29) is 30.5 Å². The lowest BCUT2D eigenvalue weighted by Gasteiger charge is -2.48. The van der Waals surface area contributed by atoms with Crippen molar-refractivity contribution >= 4 is 5.78 Å². The average molecular weight is 636 g/mol. The number of pyridine rings is 1. The molecule has 0 radical (unpaired) electrons. The van der Waals surface area contributed by atoms with Crippen LogP contribution in [-0.2, 0) is 11.2 Å². The standard InChI is InChI=1S/C38H55F2N5O/c1-43-26-32-14-15-33(35(43)27-44(23-6-5-21-41)34-13-7-11-30-12-8-22-42-37(30)34)45(32)24-18-31(28-9-3-2-4-10-28)25-36(46)29-16-19-38(39,40)20-17-29/h2-4,8-10,12,22,29,31-35H,5-7,11,13-21,23-27,41H2,1H3/t31-,32+,33-,34?,35+/m1/s1. The lowest BCUT2D eigenvalue weighted by Crippen LogP contribution is -2.61. The van der Waals surface area contributed by atoms with Crippen molar-refractivity contribution in [3.05, 3.63) is 65.5 Å². The van der Waals surface area contributed by atoms with Crippen LogP contribution in [0.5, 0.6) is 0 Å². The quantitative estimate of drug-likeness (QED) is 0.236. The van der Waals surface area contributed by atoms with Crippen LogP contribution < -0.4 is 5.73 Å². The second-order valence-corrected chi connectivity index (χ2v) is 14.7. The van der Waals surface area contributed by atoms with E-state index in [2.05, 4.69) is 58.1 Å². The van der Waals surface area contributed by atoms with Crippen LogP contribution >= 0.6 is 0 Å². The SMILES string of the molecule is CN1C[C@@H]2CC[C@H]([C@@H]1CN(CCCCN)C1CCCc3cccnc31)N2CC[C@H](CC(=O)C1CCC(F)(F)CC1)c1ccccc1. The Bertz CT molecular complexity index is 1270. The van der Waals surface area contributed by atoms with Crippen LogP contribution in [0.25, 0.3) is 0 Å². The highest BCUT2D eigenvalue weighted by molar-refractivity contribution is 5.82. The number of piperazine rings is 1. The highest BCUT2D eigenvalue weighted by atomic mass is 19.3. The fraction of sp³-hybridized carbons (Fsp3) is 0.684. The van der Waals surface area contributed by atoms with Gasteiger partial charge in [-0.25, -0.2) is 8.78 Å². The molecule has 3 heterocycles. The van der Waals surface area contributed by atoms with E-state index < -0.39 is 5.92 Å². The number of rotatable bonds is 14. The Morgan fingerprint density at radius 1 is 1.07 bits per heavy atom. The zero-order valence-electron chi connectivity index (χ0n) is 27.8. The van der Waals surface area contributed by atoms with Gasteiger partial charge in [0.05, 0.1) is 11.7 Å². The number of carbonyl (C=O) groups excluding carboxylic acids is 1. The van der Waals surface area contributed by atoms with Crippen LogP contribution in [0.3, 0.4) is 0 Å². The average Bonchev–Trinajstić information content (AvgIpc) is 3.37. The third kappa shape index (κ3) is 7.88. The van der Waals surface area contributed by atoms with Crippen molar-refractivity contribution in [3.63, 3.8) is 0 Å². The van der Waals surface area contributed by atoms with Gasteiger partial charge in [-0.15, -0.1) is 0 Å². The molecule has 1 aromatic heterocycles. The van der Waals surface area contributed by atoms with Gasteiger partial charge in [-0.3, -0.25) is 24.5 Å². The molecule has 2 aromatic rings. The summed E-state index contributed by atoms with van der Waals surface area (Å²) in [6.07, 6.45) is 11.7. The number of nitrogens with two attached hydrogens (primary N) is 1. The lowest BCUT2D eigenvalue weighted by atomic mass is 9.79. The minimum Gasteiger partial charge on any atom is -0.330 e. The first kappa shape index (κ1) is 33.6. The van der Waals surface area contributed by atoms with E-state index in [1.807, 2.05) is 12.3 Å². The van der Waals surface area contributed by atoms with Gasteiger partial charge in [-0.05, 0) is 114 Å². The fourth-order valence-corrected chi connectivity index (χ4v) is 9.15. The Morgan fingerprint density at radius 3 is 2.65 bits per heavy atom. The monoisotopic (exact) mass is 635 g/mol. The number of unbranched alkanes of at least 4 members (excludes halogenated alkanes) is 1. The summed E-state index contributed by atoms with van der Waals surface area (Å²) in [6, 6.07) is 16.6. The van der Waals surface area contributed by atoms with Gasteiger partial charge in [0.25, 0.3) is 0 Å². The topological polar surface area (TPSA) is 65.7 Å². The molecule has 6 rings (SSSR count). The molecule has 2 aliphatic heterocycles. The Balaban J connectivity index is 1.15. The molecule has 0 spiro atoms. The van der Waals surface area contributed by atoms with E-state index in [1.165, 1.54) is 36.1 Å². The van der Waals surface area contributed by atoms with Gasteiger partial charge >= 0.3 is 0 Å². The van der Waals surface area contributed by atoms with Gasteiger partial charge < -0.3 is 5.73 Å². The first-order valence-corrected chi connectivity index (χ1v) is 18.1. The third-order valence-electron chi connectivity index (χ3n) is 11.8. The maximum Gasteiger partial charge on any atom is 0.248 e. The van der Waals surface area contributed by atoms with Gasteiger partial charge in [-0.1, -0.05) is 36.4 Å². The Morgan fingerprint density at radius 2 is 1.87 bits per heavy atom. The molecule has 1 saturated carbocycles. The largest absolute Gasteiger partial charge is 0.330 e. The second kappa shape index (κ2) is 15.3. The molecule has 1 unspecified atom stereocenters. The lowest BCUT2D eigenvalue weighted by molar-refractivity contribution is -0.127. The molecule has 2 saturated heterocycles. The number of carbonyl (C=O) groups is 1. The predicted molar refractivity (Wildman–Crippen MR) is 180 cm³/mol. The number of fused-ring (bicyclic) bond motifs is 3. The summed E-state index contributed by atoms with van der Waals surface area (Å²) in [5.41, 5.74) is 9.81. The van der Waals surface area contributed by atoms with E-state index >= 15 is 0 Å². The number of nitrogens with zero attached hydrogens (tertiary/aromatic N) is 4. The number of hydrogen-bond donors (Lipinski definition) is 1. The molecule has 2 aliphatic carbocycles. The van der Waals surface area contributed by atoms with Crippen molar-refractivity contribution in [3.8, 4) is 0 Å². The first-order chi connectivity index (χ1) is 22.3. The summed E-state index contributed by atoms with van der Waals surface area (Å²) >= 11 is 0. The Hall–Kier alpha value is -2.26. The van der Waals surface area contributed by atoms with Gasteiger partial charge in [0.1, 0.15) is 5.78 Å². The molecule has 2 bridgehead atoms. The first-order valence-electron chi connectivity index (χ1n) is 18.1. The molecule has 0 amide bonds. The Labute approximate surface area is 275 Å². The van der Waals surface area contributed by atoms with E-state index in [0.29, 0.717) is 43.4 Å². The van der Waals surface area contributed by atoms with Crippen molar-refractivity contribution in [2.24, 2.45) is 11.7 Å². The molecular weight excluding hydrogens is 580 g/mol. The fourth-order valence-electron chi connectivity index (χ4n) is 9.15.